The zero-order valence-electron chi connectivity index (χ0n) is 11.9. The first-order valence-corrected chi connectivity index (χ1v) is 8.33. The molecule has 0 aliphatic rings. The highest BCUT2D eigenvalue weighted by molar-refractivity contribution is 7.89. The minimum absolute atomic E-state index is 0.0128. The average Bonchev–Trinajstić information content (AvgIpc) is 2.38. The minimum Gasteiger partial charge on any atom is -0.399 e. The Labute approximate surface area is 116 Å². The van der Waals surface area contributed by atoms with Crippen molar-refractivity contribution in [2.24, 2.45) is 0 Å². The molecular weight excluding hydrogens is 260 g/mol. The van der Waals surface area contributed by atoms with Crippen molar-refractivity contribution < 1.29 is 8.42 Å². The Kier molecular flexibility index (Phi) is 5.82. The number of rotatable bonds is 7. The van der Waals surface area contributed by atoms with Crippen molar-refractivity contribution in [3.63, 3.8) is 0 Å². The Morgan fingerprint density at radius 2 is 1.95 bits per heavy atom. The first-order valence-electron chi connectivity index (χ1n) is 6.85. The molecule has 1 unspecified atom stereocenters. The highest BCUT2D eigenvalue weighted by atomic mass is 32.2. The van der Waals surface area contributed by atoms with Crippen LogP contribution in [0.25, 0.3) is 0 Å². The van der Waals surface area contributed by atoms with Gasteiger partial charge in [0.25, 0.3) is 0 Å². The minimum atomic E-state index is -3.49. The molecule has 0 bridgehead atoms. The van der Waals surface area contributed by atoms with E-state index in [1.54, 1.807) is 18.2 Å². The fourth-order valence-corrected chi connectivity index (χ4v) is 3.79. The van der Waals surface area contributed by atoms with Gasteiger partial charge in [-0.3, -0.25) is 0 Å². The molecule has 0 aromatic heterocycles. The van der Waals surface area contributed by atoms with Crippen molar-refractivity contribution in [2.45, 2.75) is 57.4 Å². The summed E-state index contributed by atoms with van der Waals surface area (Å²) >= 11 is 0. The lowest BCUT2D eigenvalue weighted by atomic mass is 10.1. The molecule has 1 aromatic carbocycles. The third-order valence-electron chi connectivity index (χ3n) is 3.21. The number of sulfonamides is 1. The van der Waals surface area contributed by atoms with Gasteiger partial charge in [-0.05, 0) is 37.0 Å². The fraction of sp³-hybridized carbons (Fsp3) is 0.571. The van der Waals surface area contributed by atoms with Crippen molar-refractivity contribution in [1.29, 1.82) is 0 Å². The number of aryl methyl sites for hydroxylation is 1. The van der Waals surface area contributed by atoms with E-state index in [9.17, 15) is 8.42 Å². The molecule has 1 atom stereocenters. The van der Waals surface area contributed by atoms with Crippen molar-refractivity contribution >= 4 is 15.7 Å². The van der Waals surface area contributed by atoms with Crippen LogP contribution in [0.4, 0.5) is 5.69 Å². The summed E-state index contributed by atoms with van der Waals surface area (Å²) in [5.41, 5.74) is 6.98. The maximum absolute atomic E-state index is 12.4. The summed E-state index contributed by atoms with van der Waals surface area (Å²) < 4.78 is 27.7. The van der Waals surface area contributed by atoms with Crippen molar-refractivity contribution in [2.75, 3.05) is 5.73 Å². The van der Waals surface area contributed by atoms with E-state index >= 15 is 0 Å². The van der Waals surface area contributed by atoms with Gasteiger partial charge in [-0.25, -0.2) is 13.1 Å². The van der Waals surface area contributed by atoms with E-state index in [2.05, 4.69) is 11.6 Å². The van der Waals surface area contributed by atoms with Crippen LogP contribution >= 0.6 is 0 Å². The summed E-state index contributed by atoms with van der Waals surface area (Å²) in [6, 6.07) is 5.05. The smallest absolute Gasteiger partial charge is 0.241 e. The van der Waals surface area contributed by atoms with Gasteiger partial charge < -0.3 is 5.73 Å². The van der Waals surface area contributed by atoms with Crippen LogP contribution in [0.15, 0.2) is 23.1 Å². The van der Waals surface area contributed by atoms with Crippen LogP contribution in [0.1, 0.15) is 45.6 Å². The molecule has 0 radical (unpaired) electrons. The zero-order chi connectivity index (χ0) is 14.5. The molecule has 0 saturated carbocycles. The summed E-state index contributed by atoms with van der Waals surface area (Å²) in [5.74, 6) is 0. The summed E-state index contributed by atoms with van der Waals surface area (Å²) in [4.78, 5) is 0.310. The lowest BCUT2D eigenvalue weighted by Crippen LogP contribution is -2.34. The van der Waals surface area contributed by atoms with Crippen molar-refractivity contribution in [3.8, 4) is 0 Å². The van der Waals surface area contributed by atoms with E-state index in [-0.39, 0.29) is 6.04 Å². The molecule has 0 saturated heterocycles. The van der Waals surface area contributed by atoms with Crippen molar-refractivity contribution in [3.05, 3.63) is 23.8 Å². The molecule has 0 fully saturated rings. The summed E-state index contributed by atoms with van der Waals surface area (Å²) in [5, 5.41) is 0. The molecule has 1 rings (SSSR count). The lowest BCUT2D eigenvalue weighted by Gasteiger charge is -2.18. The molecule has 108 valence electrons. The monoisotopic (exact) mass is 284 g/mol. The van der Waals surface area contributed by atoms with Crippen LogP contribution in [0, 0.1) is 0 Å². The van der Waals surface area contributed by atoms with E-state index in [4.69, 9.17) is 5.73 Å². The Hall–Kier alpha value is -1.07. The lowest BCUT2D eigenvalue weighted by molar-refractivity contribution is 0.512. The molecule has 5 heteroatoms. The second-order valence-corrected chi connectivity index (χ2v) is 6.42. The first-order chi connectivity index (χ1) is 8.94. The Morgan fingerprint density at radius 1 is 1.26 bits per heavy atom. The third-order valence-corrected chi connectivity index (χ3v) is 4.82. The predicted octanol–water partition coefficient (Wildman–Crippen LogP) is 2.69. The average molecular weight is 284 g/mol. The standard InChI is InChI=1S/C14H24N2O2S/c1-4-7-13(6-3)16-19(17,18)14-10-12(15)9-8-11(14)5-2/h8-10,13,16H,4-7,15H2,1-3H3. The molecule has 0 aliphatic heterocycles. The van der Waals surface area contributed by atoms with Gasteiger partial charge in [0.05, 0.1) is 4.90 Å². The van der Waals surface area contributed by atoms with E-state index in [1.165, 1.54) is 0 Å². The van der Waals surface area contributed by atoms with E-state index in [0.717, 1.165) is 24.8 Å². The van der Waals surface area contributed by atoms with Crippen molar-refractivity contribution in [1.82, 2.24) is 4.72 Å². The molecule has 0 aliphatic carbocycles. The van der Waals surface area contributed by atoms with Gasteiger partial charge in [-0.15, -0.1) is 0 Å². The van der Waals surface area contributed by atoms with Crippen LogP contribution < -0.4 is 10.5 Å². The molecular formula is C14H24N2O2S. The van der Waals surface area contributed by atoms with Crippen LogP contribution in [0.3, 0.4) is 0 Å². The predicted molar refractivity (Wildman–Crippen MR) is 79.5 cm³/mol. The van der Waals surface area contributed by atoms with Crippen LogP contribution in [-0.4, -0.2) is 14.5 Å². The Balaban J connectivity index is 3.09. The zero-order valence-corrected chi connectivity index (χ0v) is 12.8. The van der Waals surface area contributed by atoms with Crippen LogP contribution in [0.5, 0.6) is 0 Å². The van der Waals surface area contributed by atoms with Crippen LogP contribution in [0.2, 0.25) is 0 Å². The van der Waals surface area contributed by atoms with Gasteiger partial charge >= 0.3 is 0 Å². The second kappa shape index (κ2) is 6.91. The van der Waals surface area contributed by atoms with E-state index in [1.807, 2.05) is 13.8 Å². The second-order valence-electron chi connectivity index (χ2n) is 4.74. The molecule has 0 spiro atoms. The number of anilines is 1. The highest BCUT2D eigenvalue weighted by Crippen LogP contribution is 2.20. The molecule has 0 heterocycles. The number of hydrogen-bond donors (Lipinski definition) is 2. The summed E-state index contributed by atoms with van der Waals surface area (Å²) in [6.07, 6.45) is 3.26. The van der Waals surface area contributed by atoms with Gasteiger partial charge in [-0.1, -0.05) is 33.3 Å². The maximum atomic E-state index is 12.4. The van der Waals surface area contributed by atoms with Crippen LogP contribution in [-0.2, 0) is 16.4 Å². The summed E-state index contributed by atoms with van der Waals surface area (Å²) in [6.45, 7) is 5.98. The van der Waals surface area contributed by atoms with E-state index in [0.29, 0.717) is 17.0 Å². The Morgan fingerprint density at radius 3 is 2.47 bits per heavy atom. The number of nitrogens with one attached hydrogen (secondary N) is 1. The Bertz CT molecular complexity index is 512. The highest BCUT2D eigenvalue weighted by Gasteiger charge is 2.21. The number of nitrogen functional groups attached to an aromatic ring is 1. The largest absolute Gasteiger partial charge is 0.399 e. The quantitative estimate of drug-likeness (QED) is 0.756. The SMILES string of the molecule is CCCC(CC)NS(=O)(=O)c1cc(N)ccc1CC. The number of hydrogen-bond acceptors (Lipinski definition) is 3. The van der Waals surface area contributed by atoms with Gasteiger partial charge in [0.1, 0.15) is 0 Å². The van der Waals surface area contributed by atoms with Gasteiger partial charge in [-0.2, -0.15) is 0 Å². The summed E-state index contributed by atoms with van der Waals surface area (Å²) in [7, 11) is -3.49. The third kappa shape index (κ3) is 4.21. The molecule has 19 heavy (non-hydrogen) atoms. The van der Waals surface area contributed by atoms with Gasteiger partial charge in [0, 0.05) is 11.7 Å². The maximum Gasteiger partial charge on any atom is 0.241 e. The number of nitrogens with two attached hydrogens (primary N) is 1. The normalized spacial score (nSPS) is 13.4. The first kappa shape index (κ1) is 16.0. The molecule has 0 amide bonds. The molecule has 1 aromatic rings. The number of benzene rings is 1. The topological polar surface area (TPSA) is 72.2 Å². The molecule has 3 N–H and O–H groups in total. The molecule has 4 nitrogen and oxygen atoms in total. The fourth-order valence-electron chi connectivity index (χ4n) is 2.09. The van der Waals surface area contributed by atoms with E-state index < -0.39 is 10.0 Å². The van der Waals surface area contributed by atoms with Gasteiger partial charge in [0.15, 0.2) is 0 Å². The van der Waals surface area contributed by atoms with Gasteiger partial charge in [0.2, 0.25) is 10.0 Å².